The number of aryl methyl sites for hydroxylation is 2. The zero-order valence-electron chi connectivity index (χ0n) is 20.2. The molecule has 0 radical (unpaired) electrons. The van der Waals surface area contributed by atoms with E-state index in [2.05, 4.69) is 20.6 Å². The van der Waals surface area contributed by atoms with Gasteiger partial charge in [-0.1, -0.05) is 29.8 Å². The fraction of sp³-hybridized carbons (Fsp3) is 0.185. The minimum Gasteiger partial charge on any atom is -0.493 e. The van der Waals surface area contributed by atoms with Gasteiger partial charge >= 0.3 is 0 Å². The molecule has 0 aliphatic carbocycles. The largest absolute Gasteiger partial charge is 0.493 e. The monoisotopic (exact) mass is 502 g/mol. The van der Waals surface area contributed by atoms with Gasteiger partial charge in [0, 0.05) is 18.2 Å². The van der Waals surface area contributed by atoms with Gasteiger partial charge in [0.25, 0.3) is 0 Å². The molecule has 0 aliphatic heterocycles. The molecular formula is C27H26N4O4S. The molecule has 4 rings (SSSR count). The summed E-state index contributed by atoms with van der Waals surface area (Å²) in [4.78, 5) is 20.8. The van der Waals surface area contributed by atoms with Crippen molar-refractivity contribution in [3.63, 3.8) is 0 Å². The Balaban J connectivity index is 1.35. The minimum atomic E-state index is -0.143. The number of thiocarbonyl (C=S) groups is 1. The summed E-state index contributed by atoms with van der Waals surface area (Å²) in [5.74, 6) is 1.94. The van der Waals surface area contributed by atoms with Crippen LogP contribution in [0.2, 0.25) is 0 Å². The second kappa shape index (κ2) is 11.5. The molecule has 2 N–H and O–H groups in total. The van der Waals surface area contributed by atoms with Crippen molar-refractivity contribution in [2.45, 2.75) is 19.8 Å². The van der Waals surface area contributed by atoms with Crippen molar-refractivity contribution < 1.29 is 19.0 Å². The van der Waals surface area contributed by atoms with Gasteiger partial charge in [-0.15, -0.1) is 0 Å². The number of aromatic nitrogens is 2. The quantitative estimate of drug-likeness (QED) is 0.318. The van der Waals surface area contributed by atoms with Crippen molar-refractivity contribution in [3.8, 4) is 23.1 Å². The Kier molecular flexibility index (Phi) is 7.92. The number of amides is 1. The lowest BCUT2D eigenvalue weighted by atomic mass is 10.1. The van der Waals surface area contributed by atoms with E-state index in [1.807, 2.05) is 31.2 Å². The first kappa shape index (κ1) is 24.9. The zero-order chi connectivity index (χ0) is 25.5. The molecule has 0 unspecified atom stereocenters. The summed E-state index contributed by atoms with van der Waals surface area (Å²) >= 11 is 5.28. The van der Waals surface area contributed by atoms with Crippen LogP contribution in [0.1, 0.15) is 17.5 Å². The average Bonchev–Trinajstić information content (AvgIpc) is 2.88. The molecule has 0 fully saturated rings. The number of rotatable bonds is 8. The van der Waals surface area contributed by atoms with Crippen molar-refractivity contribution in [3.05, 3.63) is 78.1 Å². The Morgan fingerprint density at radius 3 is 2.33 bits per heavy atom. The van der Waals surface area contributed by atoms with Crippen LogP contribution in [0.3, 0.4) is 0 Å². The number of carbonyl (C=O) groups is 1. The number of methoxy groups -OCH3 is 2. The van der Waals surface area contributed by atoms with Gasteiger partial charge in [-0.2, -0.15) is 0 Å². The summed E-state index contributed by atoms with van der Waals surface area (Å²) in [6.07, 6.45) is 2.43. The molecule has 1 heterocycles. The van der Waals surface area contributed by atoms with Crippen LogP contribution in [0.25, 0.3) is 10.9 Å². The van der Waals surface area contributed by atoms with Gasteiger partial charge in [0.05, 0.1) is 25.1 Å². The smallest absolute Gasteiger partial charge is 0.230 e. The van der Waals surface area contributed by atoms with E-state index in [9.17, 15) is 4.79 Å². The van der Waals surface area contributed by atoms with Crippen molar-refractivity contribution in [2.75, 3.05) is 19.5 Å². The molecule has 1 aromatic heterocycles. The Morgan fingerprint density at radius 1 is 0.944 bits per heavy atom. The number of nitrogens with one attached hydrogen (secondary N) is 2. The molecule has 184 valence electrons. The zero-order valence-corrected chi connectivity index (χ0v) is 21.0. The molecular weight excluding hydrogens is 476 g/mol. The maximum atomic E-state index is 12.2. The van der Waals surface area contributed by atoms with Crippen molar-refractivity contribution in [1.29, 1.82) is 0 Å². The molecule has 8 nitrogen and oxygen atoms in total. The number of anilines is 1. The number of nitrogens with zero attached hydrogens (tertiary/aromatic N) is 2. The highest BCUT2D eigenvalue weighted by atomic mass is 32.1. The number of carbonyl (C=O) groups excluding carboxylic acids is 1. The summed E-state index contributed by atoms with van der Waals surface area (Å²) in [5, 5.41) is 6.65. The Morgan fingerprint density at radius 2 is 1.64 bits per heavy atom. The van der Waals surface area contributed by atoms with Gasteiger partial charge in [-0.3, -0.25) is 4.79 Å². The van der Waals surface area contributed by atoms with Crippen LogP contribution in [0.5, 0.6) is 23.1 Å². The second-order valence-electron chi connectivity index (χ2n) is 8.02. The van der Waals surface area contributed by atoms with Crippen LogP contribution < -0.4 is 24.8 Å². The number of hydrogen-bond donors (Lipinski definition) is 2. The van der Waals surface area contributed by atoms with E-state index >= 15 is 0 Å². The molecule has 4 aromatic rings. The highest BCUT2D eigenvalue weighted by molar-refractivity contribution is 7.80. The minimum absolute atomic E-state index is 0.143. The van der Waals surface area contributed by atoms with Crippen molar-refractivity contribution in [1.82, 2.24) is 15.3 Å². The van der Waals surface area contributed by atoms with E-state index in [0.717, 1.165) is 5.56 Å². The first-order valence-electron chi connectivity index (χ1n) is 11.3. The highest BCUT2D eigenvalue weighted by Gasteiger charge is 2.13. The van der Waals surface area contributed by atoms with E-state index in [0.29, 0.717) is 52.6 Å². The summed E-state index contributed by atoms with van der Waals surface area (Å²) in [6.45, 7) is 2.03. The average molecular weight is 503 g/mol. The summed E-state index contributed by atoms with van der Waals surface area (Å²) in [5.41, 5.74) is 3.68. The van der Waals surface area contributed by atoms with E-state index in [1.54, 1.807) is 50.6 Å². The van der Waals surface area contributed by atoms with Crippen LogP contribution >= 0.6 is 12.2 Å². The molecule has 9 heteroatoms. The molecule has 0 bridgehead atoms. The normalized spacial score (nSPS) is 10.5. The fourth-order valence-electron chi connectivity index (χ4n) is 3.52. The molecule has 0 saturated carbocycles. The third kappa shape index (κ3) is 6.25. The number of hydrogen-bond acceptors (Lipinski definition) is 7. The highest BCUT2D eigenvalue weighted by Crippen LogP contribution is 2.35. The van der Waals surface area contributed by atoms with Gasteiger partial charge in [0.15, 0.2) is 16.6 Å². The number of benzene rings is 3. The van der Waals surface area contributed by atoms with Crippen LogP contribution in [0.15, 0.2) is 67.0 Å². The summed E-state index contributed by atoms with van der Waals surface area (Å²) in [6, 6.07) is 18.8. The van der Waals surface area contributed by atoms with E-state index in [-0.39, 0.29) is 11.0 Å². The molecule has 0 atom stereocenters. The topological polar surface area (TPSA) is 94.6 Å². The SMILES string of the molecule is COc1cc2ncnc(Oc3ccc(NC(=S)NC(=O)CCc4ccc(C)cc4)cc3)c2cc1OC. The predicted molar refractivity (Wildman–Crippen MR) is 143 cm³/mol. The van der Waals surface area contributed by atoms with Gasteiger partial charge in [-0.05, 0) is 61.5 Å². The number of fused-ring (bicyclic) bond motifs is 1. The molecule has 3 aromatic carbocycles. The lowest BCUT2D eigenvalue weighted by Gasteiger charge is -2.12. The van der Waals surface area contributed by atoms with Gasteiger partial charge in [-0.25, -0.2) is 9.97 Å². The lowest BCUT2D eigenvalue weighted by molar-refractivity contribution is -0.119. The Hall–Kier alpha value is -4.24. The second-order valence-corrected chi connectivity index (χ2v) is 8.43. The third-order valence-corrected chi connectivity index (χ3v) is 5.65. The first-order valence-corrected chi connectivity index (χ1v) is 11.7. The predicted octanol–water partition coefficient (Wildman–Crippen LogP) is 5.19. The van der Waals surface area contributed by atoms with E-state index in [4.69, 9.17) is 26.4 Å². The maximum absolute atomic E-state index is 12.2. The van der Waals surface area contributed by atoms with Gasteiger partial charge < -0.3 is 24.8 Å². The van der Waals surface area contributed by atoms with Gasteiger partial charge in [0.2, 0.25) is 11.8 Å². The first-order chi connectivity index (χ1) is 17.4. The fourth-order valence-corrected chi connectivity index (χ4v) is 3.75. The molecule has 0 aliphatic rings. The summed E-state index contributed by atoms with van der Waals surface area (Å²) < 4.78 is 16.7. The third-order valence-electron chi connectivity index (χ3n) is 5.45. The number of ether oxygens (including phenoxy) is 3. The van der Waals surface area contributed by atoms with Crippen molar-refractivity contribution in [2.24, 2.45) is 0 Å². The molecule has 1 amide bonds. The summed E-state index contributed by atoms with van der Waals surface area (Å²) in [7, 11) is 3.14. The molecule has 0 saturated heterocycles. The maximum Gasteiger partial charge on any atom is 0.230 e. The van der Waals surface area contributed by atoms with Crippen molar-refractivity contribution >= 4 is 39.8 Å². The van der Waals surface area contributed by atoms with Crippen LogP contribution in [-0.4, -0.2) is 35.2 Å². The van der Waals surface area contributed by atoms with E-state index in [1.165, 1.54) is 11.9 Å². The van der Waals surface area contributed by atoms with E-state index < -0.39 is 0 Å². The Labute approximate surface area is 214 Å². The Bertz CT molecular complexity index is 1380. The van der Waals surface area contributed by atoms with Crippen LogP contribution in [0, 0.1) is 6.92 Å². The lowest BCUT2D eigenvalue weighted by Crippen LogP contribution is -2.34. The van der Waals surface area contributed by atoms with Crippen LogP contribution in [-0.2, 0) is 11.2 Å². The van der Waals surface area contributed by atoms with Gasteiger partial charge in [0.1, 0.15) is 12.1 Å². The molecule has 0 spiro atoms. The molecule has 36 heavy (non-hydrogen) atoms. The standard InChI is InChI=1S/C27H26N4O4S/c1-17-4-6-18(7-5-17)8-13-25(32)31-27(36)30-19-9-11-20(12-10-19)35-26-21-14-23(33-2)24(34-3)15-22(21)28-16-29-26/h4-7,9-12,14-16H,8,13H2,1-3H3,(H2,30,31,32,36). The van der Waals surface area contributed by atoms with Crippen LogP contribution in [0.4, 0.5) is 5.69 Å².